The van der Waals surface area contributed by atoms with Crippen molar-refractivity contribution in [3.05, 3.63) is 87.3 Å². The molecular formula is C52H59BrN12O5P+. The van der Waals surface area contributed by atoms with Crippen molar-refractivity contribution in [2.24, 2.45) is 0 Å². The van der Waals surface area contributed by atoms with Crippen LogP contribution >= 0.6 is 23.4 Å². The summed E-state index contributed by atoms with van der Waals surface area (Å²) < 4.78 is 6.59. The number of methoxy groups -OCH3 is 1. The van der Waals surface area contributed by atoms with Crippen LogP contribution in [0, 0.1) is 30.1 Å². The van der Waals surface area contributed by atoms with Crippen LogP contribution in [0.1, 0.15) is 84.0 Å². The van der Waals surface area contributed by atoms with Gasteiger partial charge in [0.15, 0.2) is 18.6 Å². The van der Waals surface area contributed by atoms with E-state index >= 15 is 0 Å². The quantitative estimate of drug-likeness (QED) is 0.0399. The van der Waals surface area contributed by atoms with Gasteiger partial charge >= 0.3 is 0 Å². The number of carbonyl (C=O) groups is 3. The van der Waals surface area contributed by atoms with Gasteiger partial charge < -0.3 is 30.1 Å². The number of fused-ring (bicyclic) bond motifs is 2. The monoisotopic (exact) mass is 1040 g/mol. The Kier molecular flexibility index (Phi) is 15.1. The maximum atomic E-state index is 13.3. The first-order valence-corrected chi connectivity index (χ1v) is 27.7. The van der Waals surface area contributed by atoms with Gasteiger partial charge in [0.05, 0.1) is 53.4 Å². The number of rotatable bonds is 14. The van der Waals surface area contributed by atoms with Crippen molar-refractivity contribution in [3.8, 4) is 23.7 Å². The molecule has 0 aliphatic carbocycles. The number of nitriles is 1. The zero-order valence-corrected chi connectivity index (χ0v) is 43.1. The number of anilines is 5. The summed E-state index contributed by atoms with van der Waals surface area (Å²) >= 11 is 3.61. The number of hydrogen-bond acceptors (Lipinski definition) is 15. The number of benzene rings is 3. The molecule has 9 rings (SSSR count). The van der Waals surface area contributed by atoms with Crippen molar-refractivity contribution >= 4 is 86.3 Å². The Morgan fingerprint density at radius 3 is 2.48 bits per heavy atom. The predicted molar refractivity (Wildman–Crippen MR) is 280 cm³/mol. The Bertz CT molecular complexity index is 2970. The first-order chi connectivity index (χ1) is 34.3. The van der Waals surface area contributed by atoms with E-state index in [1.165, 1.54) is 4.90 Å². The number of carbonyl (C=O) groups excluding carboxylic acids is 3. The minimum atomic E-state index is -2.53. The third-order valence-corrected chi connectivity index (χ3v) is 16.1. The van der Waals surface area contributed by atoms with Gasteiger partial charge in [-0.05, 0) is 103 Å². The van der Waals surface area contributed by atoms with Crippen LogP contribution in [0.4, 0.5) is 28.8 Å². The standard InChI is InChI=1S/C52H58BrN12O5P/c1-33-26-42(59-52-57-31-39(53)49(61-52)58-41-12-11-40-47(56-18-17-55-40)48(41)71(3,4)69)45(70-2)29-44(33)64-20-15-36(16-21-64)63-24-22-62(23-25-63)19-9-7-5-6-8-10-35-27-34(30-54)28-37-38(35)32-65(51(37)68)43-13-14-46(66)60-50(43)67/h11-12,17-18,26-29,31,36,43,69H,5-7,9,13-16,19-25,32H2,1-4H3,(H2-,56,57,58,59,60,61,66,67)/p+1. The van der Waals surface area contributed by atoms with Crippen LogP contribution in [0.2, 0.25) is 0 Å². The zero-order chi connectivity index (χ0) is 49.8. The fourth-order valence-electron chi connectivity index (χ4n) is 10.3. The SMILES string of the molecule is COc1cc(N2CCC(N3CCN(CCCCCC#Cc4cc(C#N)cc5c4CN(C4CCC(=O)NC4=O)C5=O)CC3)CC2)c(C)cc1Nc1ncc(Br)c(Nc2ccc3nccnc3c2[P+](C)(C)O)n1. The lowest BCUT2D eigenvalue weighted by molar-refractivity contribution is -0.136. The third kappa shape index (κ3) is 11.1. The number of ether oxygens (including phenoxy) is 1. The molecule has 0 radical (unpaired) electrons. The summed E-state index contributed by atoms with van der Waals surface area (Å²) in [5.41, 5.74) is 7.29. The summed E-state index contributed by atoms with van der Waals surface area (Å²) in [7, 11) is -0.847. The molecule has 0 saturated carbocycles. The fraction of sp³-hybridized carbons (Fsp3) is 0.423. The van der Waals surface area contributed by atoms with E-state index in [9.17, 15) is 24.5 Å². The van der Waals surface area contributed by atoms with Crippen LogP contribution in [0.3, 0.4) is 0 Å². The second-order valence-electron chi connectivity index (χ2n) is 19.0. The molecule has 4 aliphatic heterocycles. The Morgan fingerprint density at radius 1 is 0.944 bits per heavy atom. The molecule has 2 aromatic heterocycles. The van der Waals surface area contributed by atoms with Crippen LogP contribution in [0.25, 0.3) is 11.0 Å². The van der Waals surface area contributed by atoms with Crippen LogP contribution in [0.15, 0.2) is 59.5 Å². The highest BCUT2D eigenvalue weighted by Gasteiger charge is 2.40. The molecule has 6 heterocycles. The van der Waals surface area contributed by atoms with E-state index < -0.39 is 19.4 Å². The average Bonchev–Trinajstić information content (AvgIpc) is 3.69. The number of aromatic nitrogens is 4. The lowest BCUT2D eigenvalue weighted by Gasteiger charge is -2.43. The second-order valence-corrected chi connectivity index (χ2v) is 23.1. The van der Waals surface area contributed by atoms with Gasteiger partial charge in [-0.15, -0.1) is 0 Å². The van der Waals surface area contributed by atoms with Gasteiger partial charge in [-0.2, -0.15) is 10.2 Å². The molecule has 3 fully saturated rings. The van der Waals surface area contributed by atoms with E-state index in [-0.39, 0.29) is 31.2 Å². The molecular weight excluding hydrogens is 984 g/mol. The maximum absolute atomic E-state index is 13.3. The first-order valence-electron chi connectivity index (χ1n) is 24.3. The van der Waals surface area contributed by atoms with Crippen molar-refractivity contribution in [1.82, 2.24) is 40.0 Å². The number of piperazine rings is 1. The Balaban J connectivity index is 0.725. The number of hydrogen-bond donors (Lipinski definition) is 4. The summed E-state index contributed by atoms with van der Waals surface area (Å²) in [5.74, 6) is 7.03. The topological polar surface area (TPSA) is 205 Å². The predicted octanol–water partition coefficient (Wildman–Crippen LogP) is 6.63. The van der Waals surface area contributed by atoms with Crippen molar-refractivity contribution in [3.63, 3.8) is 0 Å². The van der Waals surface area contributed by atoms with Crippen molar-refractivity contribution in [2.45, 2.75) is 76.9 Å². The summed E-state index contributed by atoms with van der Waals surface area (Å²) in [6, 6.07) is 13.3. The normalized spacial score (nSPS) is 17.9. The molecule has 0 bridgehead atoms. The number of piperidine rings is 2. The number of aryl methyl sites for hydroxylation is 1. The molecule has 1 unspecified atom stereocenters. The van der Waals surface area contributed by atoms with Gasteiger partial charge in [0, 0.05) is 106 Å². The van der Waals surface area contributed by atoms with Crippen molar-refractivity contribution in [2.75, 3.05) is 81.8 Å². The summed E-state index contributed by atoms with van der Waals surface area (Å²) in [4.78, 5) is 76.4. The van der Waals surface area contributed by atoms with E-state index in [0.29, 0.717) is 67.9 Å². The second kappa shape index (κ2) is 21.6. The largest absolute Gasteiger partial charge is 0.494 e. The smallest absolute Gasteiger partial charge is 0.255 e. The number of nitrogens with zero attached hydrogens (tertiary/aromatic N) is 9. The van der Waals surface area contributed by atoms with E-state index in [2.05, 4.69) is 98.5 Å². The Hall–Kier alpha value is -6.27. The van der Waals surface area contributed by atoms with Crippen LogP contribution in [-0.2, 0) is 16.1 Å². The zero-order valence-electron chi connectivity index (χ0n) is 40.6. The highest BCUT2D eigenvalue weighted by Crippen LogP contribution is 2.49. The molecule has 17 nitrogen and oxygen atoms in total. The number of halogens is 1. The minimum absolute atomic E-state index is 0.187. The molecule has 4 N–H and O–H groups in total. The molecule has 3 amide bonds. The molecule has 4 aliphatic rings. The van der Waals surface area contributed by atoms with E-state index in [0.717, 1.165) is 106 Å². The molecule has 19 heteroatoms. The highest BCUT2D eigenvalue weighted by atomic mass is 79.9. The van der Waals surface area contributed by atoms with Crippen LogP contribution < -0.4 is 30.9 Å². The lowest BCUT2D eigenvalue weighted by Crippen LogP contribution is -2.53. The molecule has 3 saturated heterocycles. The van der Waals surface area contributed by atoms with Gasteiger partial charge in [0.25, 0.3) is 5.91 Å². The average molecular weight is 1040 g/mol. The maximum Gasteiger partial charge on any atom is 0.255 e. The van der Waals surface area contributed by atoms with Crippen LogP contribution in [-0.4, -0.2) is 136 Å². The summed E-state index contributed by atoms with van der Waals surface area (Å²) in [5, 5.41) is 19.5. The number of amides is 3. The molecule has 3 aromatic carbocycles. The molecule has 5 aromatic rings. The fourth-order valence-corrected chi connectivity index (χ4v) is 12.0. The van der Waals surface area contributed by atoms with Gasteiger partial charge in [-0.25, -0.2) is 14.9 Å². The van der Waals surface area contributed by atoms with Crippen molar-refractivity contribution in [1.29, 1.82) is 5.26 Å². The van der Waals surface area contributed by atoms with Gasteiger partial charge in [-0.3, -0.25) is 29.6 Å². The van der Waals surface area contributed by atoms with E-state index in [4.69, 9.17) is 9.72 Å². The number of imide groups is 1. The Morgan fingerprint density at radius 2 is 1.73 bits per heavy atom. The van der Waals surface area contributed by atoms with E-state index in [1.807, 2.05) is 25.5 Å². The Labute approximate surface area is 423 Å². The van der Waals surface area contributed by atoms with Gasteiger partial charge in [0.2, 0.25) is 17.8 Å². The van der Waals surface area contributed by atoms with E-state index in [1.54, 1.807) is 37.8 Å². The van der Waals surface area contributed by atoms with Gasteiger partial charge in [0.1, 0.15) is 17.3 Å². The summed E-state index contributed by atoms with van der Waals surface area (Å²) in [6.07, 6.45) is 11.5. The first kappa shape index (κ1) is 49.7. The lowest BCUT2D eigenvalue weighted by atomic mass is 10.00. The van der Waals surface area contributed by atoms with Gasteiger partial charge in [-0.1, -0.05) is 18.3 Å². The van der Waals surface area contributed by atoms with Crippen LogP contribution in [0.5, 0.6) is 5.75 Å². The molecule has 1 atom stereocenters. The minimum Gasteiger partial charge on any atom is -0.494 e. The highest BCUT2D eigenvalue weighted by molar-refractivity contribution is 9.10. The number of nitrogens with one attached hydrogen (secondary N) is 3. The molecule has 0 spiro atoms. The third-order valence-electron chi connectivity index (χ3n) is 13.9. The number of unbranched alkanes of at least 4 members (excludes halogenated alkanes) is 3. The molecule has 71 heavy (non-hydrogen) atoms. The molecule has 368 valence electrons. The summed E-state index contributed by atoms with van der Waals surface area (Å²) in [6.45, 7) is 13.3. The van der Waals surface area contributed by atoms with Crippen molar-refractivity contribution < 1.29 is 24.0 Å².